The first kappa shape index (κ1) is 19.0. The van der Waals surface area contributed by atoms with Crippen molar-refractivity contribution in [3.8, 4) is 0 Å². The maximum absolute atomic E-state index is 14.0. The van der Waals surface area contributed by atoms with Gasteiger partial charge in [0.15, 0.2) is 5.11 Å². The Morgan fingerprint density at radius 2 is 1.96 bits per heavy atom. The van der Waals surface area contributed by atoms with Crippen LogP contribution < -0.4 is 5.32 Å². The molecule has 26 heavy (non-hydrogen) atoms. The molecule has 1 aliphatic rings. The van der Waals surface area contributed by atoms with Gasteiger partial charge in [-0.1, -0.05) is 17.7 Å². The van der Waals surface area contributed by atoms with Crippen LogP contribution >= 0.6 is 23.8 Å². The van der Waals surface area contributed by atoms with Gasteiger partial charge in [-0.15, -0.1) is 0 Å². The van der Waals surface area contributed by atoms with Gasteiger partial charge < -0.3 is 10.2 Å². The van der Waals surface area contributed by atoms with Gasteiger partial charge in [-0.05, 0) is 55.9 Å². The Morgan fingerprint density at radius 3 is 2.62 bits per heavy atom. The molecule has 1 aromatic heterocycles. The number of anilines is 1. The molecule has 3 rings (SSSR count). The third-order valence-electron chi connectivity index (χ3n) is 4.44. The summed E-state index contributed by atoms with van der Waals surface area (Å²) < 4.78 is 14.0. The lowest BCUT2D eigenvalue weighted by Gasteiger charge is -2.36. The molecule has 0 atom stereocenters. The van der Waals surface area contributed by atoms with E-state index in [-0.39, 0.29) is 5.82 Å². The van der Waals surface area contributed by atoms with E-state index < -0.39 is 0 Å². The molecule has 1 fully saturated rings. The van der Waals surface area contributed by atoms with Crippen LogP contribution in [0.25, 0.3) is 0 Å². The highest BCUT2D eigenvalue weighted by Gasteiger charge is 2.21. The fraction of sp³-hybridized carbons (Fsp3) is 0.368. The molecule has 0 radical (unpaired) electrons. The van der Waals surface area contributed by atoms with Gasteiger partial charge >= 0.3 is 0 Å². The van der Waals surface area contributed by atoms with Crippen LogP contribution in [0.4, 0.5) is 10.2 Å². The molecule has 0 aliphatic carbocycles. The zero-order valence-corrected chi connectivity index (χ0v) is 16.5. The first-order chi connectivity index (χ1) is 12.4. The van der Waals surface area contributed by atoms with Crippen molar-refractivity contribution in [3.63, 3.8) is 0 Å². The molecule has 1 aromatic carbocycles. The smallest absolute Gasteiger partial charge is 0.174 e. The summed E-state index contributed by atoms with van der Waals surface area (Å²) in [4.78, 5) is 8.78. The zero-order chi connectivity index (χ0) is 18.7. The van der Waals surface area contributed by atoms with Gasteiger partial charge in [0.1, 0.15) is 11.6 Å². The van der Waals surface area contributed by atoms with E-state index in [1.807, 2.05) is 26.0 Å². The maximum atomic E-state index is 14.0. The Kier molecular flexibility index (Phi) is 6.06. The van der Waals surface area contributed by atoms with Crippen LogP contribution in [-0.4, -0.2) is 46.1 Å². The highest BCUT2D eigenvalue weighted by Crippen LogP contribution is 2.21. The number of benzene rings is 1. The van der Waals surface area contributed by atoms with Crippen molar-refractivity contribution in [2.24, 2.45) is 0 Å². The first-order valence-electron chi connectivity index (χ1n) is 8.59. The Labute approximate surface area is 164 Å². The third kappa shape index (κ3) is 4.69. The van der Waals surface area contributed by atoms with Crippen LogP contribution in [0.5, 0.6) is 0 Å². The van der Waals surface area contributed by atoms with Crippen molar-refractivity contribution in [1.29, 1.82) is 0 Å². The molecular formula is C19H22ClFN4S. The van der Waals surface area contributed by atoms with Crippen LogP contribution in [0.3, 0.4) is 0 Å². The van der Waals surface area contributed by atoms with Crippen LogP contribution in [-0.2, 0) is 6.54 Å². The van der Waals surface area contributed by atoms with Gasteiger partial charge in [-0.25, -0.2) is 9.37 Å². The summed E-state index contributed by atoms with van der Waals surface area (Å²) in [7, 11) is 0. The average molecular weight is 393 g/mol. The number of hydrogen-bond donors (Lipinski definition) is 1. The van der Waals surface area contributed by atoms with Crippen molar-refractivity contribution in [2.75, 3.05) is 31.5 Å². The second-order valence-corrected chi connectivity index (χ2v) is 7.36. The van der Waals surface area contributed by atoms with Crippen molar-refractivity contribution in [2.45, 2.75) is 20.4 Å². The molecule has 2 heterocycles. The molecule has 7 heteroatoms. The number of nitrogens with zero attached hydrogens (tertiary/aromatic N) is 3. The zero-order valence-electron chi connectivity index (χ0n) is 14.9. The fourth-order valence-electron chi connectivity index (χ4n) is 3.11. The Bertz CT molecular complexity index is 766. The highest BCUT2D eigenvalue weighted by molar-refractivity contribution is 7.80. The van der Waals surface area contributed by atoms with Crippen LogP contribution in [0.1, 0.15) is 16.8 Å². The Hall–Kier alpha value is -1.76. The molecule has 2 aromatic rings. The number of hydrogen-bond acceptors (Lipinski definition) is 3. The molecule has 0 unspecified atom stereocenters. The maximum Gasteiger partial charge on any atom is 0.174 e. The minimum absolute atomic E-state index is 0.252. The number of halogens is 2. The number of pyridine rings is 1. The van der Waals surface area contributed by atoms with Crippen LogP contribution in [0, 0.1) is 19.7 Å². The first-order valence-corrected chi connectivity index (χ1v) is 9.37. The van der Waals surface area contributed by atoms with Gasteiger partial charge in [0.05, 0.1) is 0 Å². The van der Waals surface area contributed by atoms with Crippen molar-refractivity contribution < 1.29 is 4.39 Å². The lowest BCUT2D eigenvalue weighted by molar-refractivity contribution is 0.175. The van der Waals surface area contributed by atoms with E-state index in [4.69, 9.17) is 23.8 Å². The van der Waals surface area contributed by atoms with E-state index >= 15 is 0 Å². The van der Waals surface area contributed by atoms with E-state index in [1.165, 1.54) is 6.07 Å². The predicted octanol–water partition coefficient (Wildman–Crippen LogP) is 4.01. The number of thiocarbonyl (C=S) groups is 1. The Balaban J connectivity index is 1.55. The number of aromatic nitrogens is 1. The molecule has 0 saturated carbocycles. The lowest BCUT2D eigenvalue weighted by atomic mass is 10.2. The predicted molar refractivity (Wildman–Crippen MR) is 108 cm³/mol. The van der Waals surface area contributed by atoms with Crippen LogP contribution in [0.15, 0.2) is 30.3 Å². The topological polar surface area (TPSA) is 31.4 Å². The summed E-state index contributed by atoms with van der Waals surface area (Å²) in [6.45, 7) is 7.67. The minimum Gasteiger partial charge on any atom is -0.346 e. The summed E-state index contributed by atoms with van der Waals surface area (Å²) in [5.74, 6) is 0.520. The van der Waals surface area contributed by atoms with Crippen molar-refractivity contribution in [3.05, 3.63) is 58.0 Å². The standard InChI is InChI=1S/C19H22ClFN4S/c1-13-10-14(2)22-18(11-13)23-19(26)25-8-6-24(7-9-25)12-15-16(20)4-3-5-17(15)21/h3-5,10-11H,6-9,12H2,1-2H3,(H,22,23,26). The molecular weight excluding hydrogens is 371 g/mol. The summed E-state index contributed by atoms with van der Waals surface area (Å²) in [6.07, 6.45) is 0. The molecule has 4 nitrogen and oxygen atoms in total. The average Bonchev–Trinajstić information content (AvgIpc) is 2.58. The summed E-state index contributed by atoms with van der Waals surface area (Å²) in [5.41, 5.74) is 2.67. The van der Waals surface area contributed by atoms with Crippen molar-refractivity contribution in [1.82, 2.24) is 14.8 Å². The van der Waals surface area contributed by atoms with E-state index in [1.54, 1.807) is 12.1 Å². The number of aryl methyl sites for hydroxylation is 2. The van der Waals surface area contributed by atoms with Gasteiger partial charge in [0.2, 0.25) is 0 Å². The van der Waals surface area contributed by atoms with E-state index in [9.17, 15) is 4.39 Å². The molecule has 138 valence electrons. The molecule has 0 bridgehead atoms. The van der Waals surface area contributed by atoms with Gasteiger partial charge in [-0.3, -0.25) is 4.90 Å². The van der Waals surface area contributed by atoms with Gasteiger partial charge in [0.25, 0.3) is 0 Å². The van der Waals surface area contributed by atoms with E-state index in [0.717, 1.165) is 43.3 Å². The third-order valence-corrected chi connectivity index (χ3v) is 5.15. The largest absolute Gasteiger partial charge is 0.346 e. The number of piperazine rings is 1. The Morgan fingerprint density at radius 1 is 1.23 bits per heavy atom. The molecule has 1 saturated heterocycles. The SMILES string of the molecule is Cc1cc(C)nc(NC(=S)N2CCN(Cc3c(F)cccc3Cl)CC2)c1. The fourth-order valence-corrected chi connectivity index (χ4v) is 3.62. The molecule has 0 amide bonds. The molecule has 1 aliphatic heterocycles. The molecule has 1 N–H and O–H groups in total. The second-order valence-electron chi connectivity index (χ2n) is 6.56. The molecule has 0 spiro atoms. The van der Waals surface area contributed by atoms with Crippen molar-refractivity contribution >= 4 is 34.7 Å². The summed E-state index contributed by atoms with van der Waals surface area (Å²) in [6, 6.07) is 8.82. The number of nitrogens with one attached hydrogen (secondary N) is 1. The quantitative estimate of drug-likeness (QED) is 0.798. The second kappa shape index (κ2) is 8.29. The highest BCUT2D eigenvalue weighted by atomic mass is 35.5. The minimum atomic E-state index is -0.252. The number of rotatable bonds is 3. The summed E-state index contributed by atoms with van der Waals surface area (Å²) >= 11 is 11.7. The lowest BCUT2D eigenvalue weighted by Crippen LogP contribution is -2.49. The monoisotopic (exact) mass is 392 g/mol. The van der Waals surface area contributed by atoms with Gasteiger partial charge in [-0.2, -0.15) is 0 Å². The van der Waals surface area contributed by atoms with E-state index in [0.29, 0.717) is 22.2 Å². The van der Waals surface area contributed by atoms with Crippen LogP contribution in [0.2, 0.25) is 5.02 Å². The van der Waals surface area contributed by atoms with E-state index in [2.05, 4.69) is 20.1 Å². The summed E-state index contributed by atoms with van der Waals surface area (Å²) in [5, 5.41) is 4.37. The normalized spacial score (nSPS) is 15.2. The van der Waals surface area contributed by atoms with Gasteiger partial charge in [0, 0.05) is 49.0 Å².